The molecule has 0 bridgehead atoms. The Morgan fingerprint density at radius 3 is 2.23 bits per heavy atom. The van der Waals surface area contributed by atoms with Gasteiger partial charge in [0.2, 0.25) is 0 Å². The number of benzene rings is 1. The van der Waals surface area contributed by atoms with Crippen LogP contribution in [0.5, 0.6) is 0 Å². The largest absolute Gasteiger partial charge is 0.441 e. The third-order valence-corrected chi connectivity index (χ3v) is 7.18. The van der Waals surface area contributed by atoms with Crippen LogP contribution in [0, 0.1) is 24.7 Å². The van der Waals surface area contributed by atoms with E-state index in [1.165, 1.54) is 36.1 Å². The summed E-state index contributed by atoms with van der Waals surface area (Å²) in [5.41, 5.74) is 5.38. The number of hydrogen-bond donors (Lipinski definition) is 1. The first kappa shape index (κ1) is 17.7. The van der Waals surface area contributed by atoms with E-state index in [1.54, 1.807) is 4.90 Å². The second-order valence-electron chi connectivity index (χ2n) is 9.06. The molecule has 2 heterocycles. The van der Waals surface area contributed by atoms with E-state index in [0.717, 1.165) is 18.8 Å². The molecule has 1 aromatic rings. The van der Waals surface area contributed by atoms with Crippen LogP contribution in [0.3, 0.4) is 0 Å². The Morgan fingerprint density at radius 2 is 1.73 bits per heavy atom. The predicted molar refractivity (Wildman–Crippen MR) is 103 cm³/mol. The van der Waals surface area contributed by atoms with Crippen LogP contribution in [0.2, 0.25) is 0 Å². The van der Waals surface area contributed by atoms with Gasteiger partial charge in [-0.1, -0.05) is 20.3 Å². The third-order valence-electron chi connectivity index (χ3n) is 7.18. The van der Waals surface area contributed by atoms with Crippen LogP contribution in [-0.4, -0.2) is 43.5 Å². The van der Waals surface area contributed by atoms with E-state index in [1.807, 2.05) is 0 Å². The number of ether oxygens (including phenoxy) is 1. The van der Waals surface area contributed by atoms with Gasteiger partial charge in [0.25, 0.3) is 0 Å². The lowest BCUT2D eigenvalue weighted by Crippen LogP contribution is -2.30. The van der Waals surface area contributed by atoms with Crippen LogP contribution < -0.4 is 9.80 Å². The fraction of sp³-hybridized carbons (Fsp3) is 0.667. The number of cyclic esters (lactones) is 1. The Labute approximate surface area is 155 Å². The van der Waals surface area contributed by atoms with E-state index in [0.29, 0.717) is 17.4 Å². The summed E-state index contributed by atoms with van der Waals surface area (Å²) in [5.74, 6) is 0. The lowest BCUT2D eigenvalue weighted by atomic mass is 9.71. The van der Waals surface area contributed by atoms with Crippen LogP contribution >= 0.6 is 0 Å². The molecule has 1 amide bonds. The van der Waals surface area contributed by atoms with E-state index >= 15 is 0 Å². The number of amides is 1. The molecule has 3 aliphatic rings. The average molecular weight is 358 g/mol. The molecule has 1 N–H and O–H groups in total. The maximum absolute atomic E-state index is 12.1. The second kappa shape index (κ2) is 5.88. The summed E-state index contributed by atoms with van der Waals surface area (Å²) in [6, 6.07) is 4.17. The van der Waals surface area contributed by atoms with Crippen LogP contribution in [0.15, 0.2) is 12.1 Å². The van der Waals surface area contributed by atoms with Gasteiger partial charge in [-0.05, 0) is 60.8 Å². The first-order valence-electron chi connectivity index (χ1n) is 9.72. The highest BCUT2D eigenvalue weighted by Gasteiger charge is 2.54. The highest BCUT2D eigenvalue weighted by molar-refractivity contribution is 5.90. The Hall–Kier alpha value is -1.75. The molecule has 0 aromatic heterocycles. The van der Waals surface area contributed by atoms with Gasteiger partial charge in [-0.3, -0.25) is 4.90 Å². The number of rotatable bonds is 3. The first-order chi connectivity index (χ1) is 12.3. The Balaban J connectivity index is 1.63. The molecule has 1 aliphatic carbocycles. The number of carbonyl (C=O) groups excluding carboxylic acids is 1. The summed E-state index contributed by atoms with van der Waals surface area (Å²) in [7, 11) is 0. The van der Waals surface area contributed by atoms with Crippen molar-refractivity contribution in [1.29, 1.82) is 0 Å². The van der Waals surface area contributed by atoms with Crippen molar-refractivity contribution >= 4 is 17.5 Å². The van der Waals surface area contributed by atoms with Crippen molar-refractivity contribution in [2.45, 2.75) is 53.1 Å². The molecule has 3 fully saturated rings. The van der Waals surface area contributed by atoms with Gasteiger partial charge in [0, 0.05) is 24.5 Å². The molecule has 5 nitrogen and oxygen atoms in total. The zero-order valence-corrected chi connectivity index (χ0v) is 16.3. The van der Waals surface area contributed by atoms with Gasteiger partial charge in [0.1, 0.15) is 6.10 Å². The van der Waals surface area contributed by atoms with Crippen molar-refractivity contribution in [3.63, 3.8) is 0 Å². The summed E-state index contributed by atoms with van der Waals surface area (Å²) in [5, 5.41) is 9.26. The molecule has 26 heavy (non-hydrogen) atoms. The van der Waals surface area contributed by atoms with E-state index in [-0.39, 0.29) is 12.7 Å². The molecule has 0 spiro atoms. The summed E-state index contributed by atoms with van der Waals surface area (Å²) < 4.78 is 5.19. The molecule has 142 valence electrons. The second-order valence-corrected chi connectivity index (χ2v) is 9.06. The number of nitrogens with zero attached hydrogens (tertiary/aromatic N) is 2. The minimum absolute atomic E-state index is 0.136. The molecular formula is C21H30N2O3. The number of aryl methyl sites for hydroxylation is 2. The van der Waals surface area contributed by atoms with Crippen LogP contribution in [0.4, 0.5) is 16.2 Å². The highest BCUT2D eigenvalue weighted by Crippen LogP contribution is 2.58. The standard InChI is InChI=1S/C21H30N2O3/c1-14-8-16(23-10-17(11-24)26-19(23)25)9-15(2)18(14)22-12-20(3)6-5-7-21(20,4)13-22/h8-9,17,24H,5-7,10-13H2,1-4H3/t17-,20?,21?/m1/s1. The molecule has 1 saturated carbocycles. The third kappa shape index (κ3) is 2.51. The van der Waals surface area contributed by atoms with Gasteiger partial charge < -0.3 is 14.7 Å². The molecule has 3 atom stereocenters. The van der Waals surface area contributed by atoms with Gasteiger partial charge in [-0.15, -0.1) is 0 Å². The summed E-state index contributed by atoms with van der Waals surface area (Å²) >= 11 is 0. The molecule has 2 saturated heterocycles. The summed E-state index contributed by atoms with van der Waals surface area (Å²) in [4.78, 5) is 16.3. The molecular weight excluding hydrogens is 328 g/mol. The van der Waals surface area contributed by atoms with Crippen molar-refractivity contribution in [2.24, 2.45) is 10.8 Å². The minimum atomic E-state index is -0.430. The topological polar surface area (TPSA) is 53.0 Å². The molecule has 4 rings (SSSR count). The lowest BCUT2D eigenvalue weighted by molar-refractivity contribution is 0.0963. The average Bonchev–Trinajstić information content (AvgIpc) is 3.14. The zero-order chi connectivity index (χ0) is 18.7. The van der Waals surface area contributed by atoms with E-state index in [9.17, 15) is 9.90 Å². The monoisotopic (exact) mass is 358 g/mol. The van der Waals surface area contributed by atoms with Crippen molar-refractivity contribution in [3.8, 4) is 0 Å². The molecule has 0 radical (unpaired) electrons. The quantitative estimate of drug-likeness (QED) is 0.896. The summed E-state index contributed by atoms with van der Waals surface area (Å²) in [6.45, 7) is 11.7. The van der Waals surface area contributed by atoms with E-state index in [4.69, 9.17) is 4.74 Å². The van der Waals surface area contributed by atoms with Gasteiger partial charge in [0.15, 0.2) is 0 Å². The van der Waals surface area contributed by atoms with Crippen molar-refractivity contribution in [3.05, 3.63) is 23.3 Å². The Morgan fingerprint density at radius 1 is 1.15 bits per heavy atom. The number of fused-ring (bicyclic) bond motifs is 1. The van der Waals surface area contributed by atoms with Gasteiger partial charge in [0.05, 0.1) is 13.2 Å². The van der Waals surface area contributed by atoms with Crippen molar-refractivity contribution in [2.75, 3.05) is 36.0 Å². The summed E-state index contributed by atoms with van der Waals surface area (Å²) in [6.07, 6.45) is 3.18. The maximum Gasteiger partial charge on any atom is 0.414 e. The molecule has 2 unspecified atom stereocenters. The minimum Gasteiger partial charge on any atom is -0.441 e. The first-order valence-corrected chi connectivity index (χ1v) is 9.72. The Kier molecular flexibility index (Phi) is 3.99. The smallest absolute Gasteiger partial charge is 0.414 e. The number of anilines is 2. The Bertz CT molecular complexity index is 708. The highest BCUT2D eigenvalue weighted by atomic mass is 16.6. The van der Waals surface area contributed by atoms with Crippen LogP contribution in [-0.2, 0) is 4.74 Å². The number of hydrogen-bond acceptors (Lipinski definition) is 4. The van der Waals surface area contributed by atoms with Crippen LogP contribution in [0.25, 0.3) is 0 Å². The van der Waals surface area contributed by atoms with E-state index < -0.39 is 6.10 Å². The molecule has 5 heteroatoms. The number of aliphatic hydroxyl groups is 1. The number of aliphatic hydroxyl groups excluding tert-OH is 1. The molecule has 1 aromatic carbocycles. The van der Waals surface area contributed by atoms with Gasteiger partial charge in [-0.25, -0.2) is 4.79 Å². The zero-order valence-electron chi connectivity index (χ0n) is 16.3. The fourth-order valence-electron chi connectivity index (χ4n) is 5.48. The van der Waals surface area contributed by atoms with Gasteiger partial charge in [-0.2, -0.15) is 0 Å². The van der Waals surface area contributed by atoms with E-state index in [2.05, 4.69) is 44.7 Å². The van der Waals surface area contributed by atoms with Crippen molar-refractivity contribution in [1.82, 2.24) is 0 Å². The predicted octanol–water partition coefficient (Wildman–Crippen LogP) is 3.64. The SMILES string of the molecule is Cc1cc(N2C[C@H](CO)OC2=O)cc(C)c1N1CC2(C)CCCC2(C)C1. The van der Waals surface area contributed by atoms with Crippen molar-refractivity contribution < 1.29 is 14.6 Å². The van der Waals surface area contributed by atoms with Gasteiger partial charge >= 0.3 is 6.09 Å². The molecule has 2 aliphatic heterocycles. The fourth-order valence-corrected chi connectivity index (χ4v) is 5.48. The van der Waals surface area contributed by atoms with Crippen LogP contribution in [0.1, 0.15) is 44.2 Å². The lowest BCUT2D eigenvalue weighted by Gasteiger charge is -2.32. The maximum atomic E-state index is 12.1. The normalized spacial score (nSPS) is 33.7. The number of carbonyl (C=O) groups is 1.